The lowest BCUT2D eigenvalue weighted by atomic mass is 10.0. The van der Waals surface area contributed by atoms with Gasteiger partial charge in [-0.3, -0.25) is 0 Å². The van der Waals surface area contributed by atoms with Gasteiger partial charge in [0.05, 0.1) is 7.11 Å². The van der Waals surface area contributed by atoms with Crippen molar-refractivity contribution < 1.29 is 4.74 Å². The van der Waals surface area contributed by atoms with Gasteiger partial charge in [-0.05, 0) is 62.4 Å². The fraction of sp³-hybridized carbons (Fsp3) is 0.625. The first kappa shape index (κ1) is 16.3. The number of ether oxygens (including phenoxy) is 1. The van der Waals surface area contributed by atoms with E-state index in [-0.39, 0.29) is 0 Å². The zero-order chi connectivity index (χ0) is 14.1. The Morgan fingerprint density at radius 3 is 2.74 bits per heavy atom. The number of halogens is 1. The van der Waals surface area contributed by atoms with Crippen LogP contribution in [-0.4, -0.2) is 19.7 Å². The molecule has 1 unspecified atom stereocenters. The normalized spacial score (nSPS) is 12.4. The summed E-state index contributed by atoms with van der Waals surface area (Å²) in [5.41, 5.74) is 1.21. The summed E-state index contributed by atoms with van der Waals surface area (Å²) in [4.78, 5) is 0. The van der Waals surface area contributed by atoms with E-state index >= 15 is 0 Å². The maximum Gasteiger partial charge on any atom is 0.122 e. The monoisotopic (exact) mass is 283 g/mol. The largest absolute Gasteiger partial charge is 0.496 e. The van der Waals surface area contributed by atoms with Crippen molar-refractivity contribution in [2.24, 2.45) is 0 Å². The SMILES string of the molecule is CCCNC(CC)CCCc1cc(Cl)ccc1OC. The maximum atomic E-state index is 6.04. The number of hydrogen-bond acceptors (Lipinski definition) is 2. The fourth-order valence-electron chi connectivity index (χ4n) is 2.28. The summed E-state index contributed by atoms with van der Waals surface area (Å²) in [6.07, 6.45) is 5.76. The second-order valence-corrected chi connectivity index (χ2v) is 5.34. The minimum Gasteiger partial charge on any atom is -0.496 e. The molecule has 2 nitrogen and oxygen atoms in total. The molecule has 1 rings (SSSR count). The molecule has 0 heterocycles. The molecule has 0 bridgehead atoms. The molecule has 0 aliphatic carbocycles. The van der Waals surface area contributed by atoms with Gasteiger partial charge in [0.25, 0.3) is 0 Å². The van der Waals surface area contributed by atoms with Gasteiger partial charge in [-0.1, -0.05) is 25.4 Å². The summed E-state index contributed by atoms with van der Waals surface area (Å²) in [6, 6.07) is 6.47. The third-order valence-corrected chi connectivity index (χ3v) is 3.65. The quantitative estimate of drug-likeness (QED) is 0.723. The predicted molar refractivity (Wildman–Crippen MR) is 83.3 cm³/mol. The molecule has 1 aromatic carbocycles. The highest BCUT2D eigenvalue weighted by molar-refractivity contribution is 6.30. The summed E-state index contributed by atoms with van der Waals surface area (Å²) in [7, 11) is 1.71. The molecule has 0 aliphatic rings. The summed E-state index contributed by atoms with van der Waals surface area (Å²) in [5.74, 6) is 0.943. The van der Waals surface area contributed by atoms with Crippen molar-refractivity contribution in [1.82, 2.24) is 5.32 Å². The van der Waals surface area contributed by atoms with Crippen LogP contribution >= 0.6 is 11.6 Å². The molecule has 0 spiro atoms. The second-order valence-electron chi connectivity index (χ2n) is 4.91. The van der Waals surface area contributed by atoms with Crippen LogP contribution in [0.15, 0.2) is 18.2 Å². The third-order valence-electron chi connectivity index (χ3n) is 3.42. The molecular weight excluding hydrogens is 258 g/mol. The Morgan fingerprint density at radius 1 is 1.32 bits per heavy atom. The first-order valence-electron chi connectivity index (χ1n) is 7.27. The van der Waals surface area contributed by atoms with Gasteiger partial charge in [-0.15, -0.1) is 0 Å². The highest BCUT2D eigenvalue weighted by Gasteiger charge is 2.07. The van der Waals surface area contributed by atoms with E-state index in [0.717, 1.165) is 30.2 Å². The highest BCUT2D eigenvalue weighted by Crippen LogP contribution is 2.24. The van der Waals surface area contributed by atoms with Crippen LogP contribution in [0.3, 0.4) is 0 Å². The number of rotatable bonds is 9. The molecule has 1 atom stereocenters. The summed E-state index contributed by atoms with van der Waals surface area (Å²) in [5, 5.41) is 4.37. The maximum absolute atomic E-state index is 6.04. The molecule has 1 N–H and O–H groups in total. The number of nitrogens with one attached hydrogen (secondary N) is 1. The Balaban J connectivity index is 2.45. The molecule has 0 aliphatic heterocycles. The van der Waals surface area contributed by atoms with Crippen molar-refractivity contribution in [3.63, 3.8) is 0 Å². The van der Waals surface area contributed by atoms with Crippen molar-refractivity contribution in [2.75, 3.05) is 13.7 Å². The molecule has 3 heteroatoms. The van der Waals surface area contributed by atoms with Gasteiger partial charge in [0, 0.05) is 11.1 Å². The van der Waals surface area contributed by atoms with Gasteiger partial charge < -0.3 is 10.1 Å². The van der Waals surface area contributed by atoms with Crippen LogP contribution in [0.25, 0.3) is 0 Å². The van der Waals surface area contributed by atoms with Gasteiger partial charge >= 0.3 is 0 Å². The molecular formula is C16H26ClNO. The van der Waals surface area contributed by atoms with Gasteiger partial charge in [-0.2, -0.15) is 0 Å². The second kappa shape index (κ2) is 9.22. The molecule has 108 valence electrons. The van der Waals surface area contributed by atoms with E-state index in [2.05, 4.69) is 19.2 Å². The van der Waals surface area contributed by atoms with Crippen LogP contribution in [0, 0.1) is 0 Å². The van der Waals surface area contributed by atoms with Gasteiger partial charge in [-0.25, -0.2) is 0 Å². The van der Waals surface area contributed by atoms with E-state index < -0.39 is 0 Å². The van der Waals surface area contributed by atoms with E-state index in [1.165, 1.54) is 24.8 Å². The van der Waals surface area contributed by atoms with Crippen molar-refractivity contribution in [2.45, 2.75) is 52.0 Å². The molecule has 0 aromatic heterocycles. The number of benzene rings is 1. The summed E-state index contributed by atoms with van der Waals surface area (Å²) < 4.78 is 5.37. The van der Waals surface area contributed by atoms with Crippen LogP contribution in [0.4, 0.5) is 0 Å². The first-order chi connectivity index (χ1) is 9.21. The highest BCUT2D eigenvalue weighted by atomic mass is 35.5. The van der Waals surface area contributed by atoms with E-state index in [1.807, 2.05) is 18.2 Å². The van der Waals surface area contributed by atoms with Crippen molar-refractivity contribution in [3.8, 4) is 5.75 Å². The number of methoxy groups -OCH3 is 1. The van der Waals surface area contributed by atoms with Gasteiger partial charge in [0.15, 0.2) is 0 Å². The summed E-state index contributed by atoms with van der Waals surface area (Å²) >= 11 is 6.04. The standard InChI is InChI=1S/C16H26ClNO/c1-4-11-18-15(5-2)8-6-7-13-12-14(17)9-10-16(13)19-3/h9-10,12,15,18H,4-8,11H2,1-3H3. The van der Waals surface area contributed by atoms with Crippen LogP contribution in [0.1, 0.15) is 45.1 Å². The molecule has 1 aromatic rings. The lowest BCUT2D eigenvalue weighted by molar-refractivity contribution is 0.406. The van der Waals surface area contributed by atoms with Crippen LogP contribution < -0.4 is 10.1 Å². The smallest absolute Gasteiger partial charge is 0.122 e. The molecule has 0 amide bonds. The average Bonchev–Trinajstić information content (AvgIpc) is 2.43. The molecule has 0 saturated heterocycles. The Labute approximate surface area is 122 Å². The van der Waals surface area contributed by atoms with Crippen molar-refractivity contribution >= 4 is 11.6 Å². The molecule has 0 saturated carbocycles. The van der Waals surface area contributed by atoms with Gasteiger partial charge in [0.1, 0.15) is 5.75 Å². The number of hydrogen-bond donors (Lipinski definition) is 1. The van der Waals surface area contributed by atoms with Crippen LogP contribution in [0.2, 0.25) is 5.02 Å². The van der Waals surface area contributed by atoms with Crippen molar-refractivity contribution in [3.05, 3.63) is 28.8 Å². The predicted octanol–water partition coefficient (Wildman–Crippen LogP) is 4.45. The number of aryl methyl sites for hydroxylation is 1. The Hall–Kier alpha value is -0.730. The summed E-state index contributed by atoms with van der Waals surface area (Å²) in [6.45, 7) is 5.56. The Bertz CT molecular complexity index is 368. The lowest BCUT2D eigenvalue weighted by Crippen LogP contribution is -2.29. The van der Waals surface area contributed by atoms with E-state index in [4.69, 9.17) is 16.3 Å². The molecule has 19 heavy (non-hydrogen) atoms. The Kier molecular flexibility index (Phi) is 7.92. The average molecular weight is 284 g/mol. The Morgan fingerprint density at radius 2 is 2.11 bits per heavy atom. The fourth-order valence-corrected chi connectivity index (χ4v) is 2.48. The zero-order valence-electron chi connectivity index (χ0n) is 12.3. The van der Waals surface area contributed by atoms with Crippen molar-refractivity contribution in [1.29, 1.82) is 0 Å². The first-order valence-corrected chi connectivity index (χ1v) is 7.64. The van der Waals surface area contributed by atoms with E-state index in [1.54, 1.807) is 7.11 Å². The third kappa shape index (κ3) is 5.84. The molecule has 0 fully saturated rings. The minimum absolute atomic E-state index is 0.630. The lowest BCUT2D eigenvalue weighted by Gasteiger charge is -2.16. The van der Waals surface area contributed by atoms with Crippen LogP contribution in [-0.2, 0) is 6.42 Å². The van der Waals surface area contributed by atoms with E-state index in [9.17, 15) is 0 Å². The topological polar surface area (TPSA) is 21.3 Å². The van der Waals surface area contributed by atoms with E-state index in [0.29, 0.717) is 6.04 Å². The van der Waals surface area contributed by atoms with Crippen LogP contribution in [0.5, 0.6) is 5.75 Å². The van der Waals surface area contributed by atoms with Gasteiger partial charge in [0.2, 0.25) is 0 Å². The zero-order valence-corrected chi connectivity index (χ0v) is 13.1. The minimum atomic E-state index is 0.630. The molecule has 0 radical (unpaired) electrons.